The zero-order valence-electron chi connectivity index (χ0n) is 33.1. The number of imide groups is 1. The Morgan fingerprint density at radius 1 is 1.05 bits per heavy atom. The minimum atomic E-state index is -3.00. The van der Waals surface area contributed by atoms with Crippen molar-refractivity contribution in [3.05, 3.63) is 69.9 Å². The van der Waals surface area contributed by atoms with E-state index < -0.39 is 30.0 Å². The molecule has 312 valence electrons. The molecule has 3 aromatic rings. The summed E-state index contributed by atoms with van der Waals surface area (Å²) in [6.45, 7) is 6.78. The number of halogens is 2. The number of piperidine rings is 1. The van der Waals surface area contributed by atoms with Crippen LogP contribution in [-0.4, -0.2) is 118 Å². The maximum absolute atomic E-state index is 13.8. The van der Waals surface area contributed by atoms with Gasteiger partial charge in [0, 0.05) is 77.9 Å². The van der Waals surface area contributed by atoms with Crippen LogP contribution >= 0.6 is 0 Å². The van der Waals surface area contributed by atoms with Gasteiger partial charge in [-0.2, -0.15) is 0 Å². The highest BCUT2D eigenvalue weighted by atomic mass is 19.3. The number of nitrogens with one attached hydrogen (secondary N) is 2. The predicted molar refractivity (Wildman–Crippen MR) is 219 cm³/mol. The van der Waals surface area contributed by atoms with E-state index in [1.54, 1.807) is 19.2 Å². The van der Waals surface area contributed by atoms with Gasteiger partial charge in [-0.05, 0) is 62.6 Å². The molecule has 5 heterocycles. The SMILES string of the molecule is Cn1c(=O)n(C2CCC(=O)NC2=O)c2cccc(C#CCN3CCN(CC4CCC(N=C/C(NC(=O)/C(=C/N)c5nccc(N6CCC6)n5)=C(\N)C(F)F)CC4)CC3)c21. The van der Waals surface area contributed by atoms with Crippen molar-refractivity contribution in [3.63, 3.8) is 0 Å². The zero-order valence-corrected chi connectivity index (χ0v) is 33.1. The second-order valence-electron chi connectivity index (χ2n) is 15.5. The summed E-state index contributed by atoms with van der Waals surface area (Å²) in [6, 6.07) is 6.39. The third-order valence-corrected chi connectivity index (χ3v) is 11.6. The van der Waals surface area contributed by atoms with Crippen molar-refractivity contribution < 1.29 is 23.2 Å². The number of nitrogens with two attached hydrogens (primary N) is 2. The minimum Gasteiger partial charge on any atom is -0.404 e. The monoisotopic (exact) mass is 812 g/mol. The van der Waals surface area contributed by atoms with Crippen molar-refractivity contribution in [2.24, 2.45) is 29.4 Å². The molecule has 0 radical (unpaired) electrons. The molecule has 59 heavy (non-hydrogen) atoms. The fraction of sp³-hybridized carbons (Fsp3) is 0.488. The van der Waals surface area contributed by atoms with E-state index >= 15 is 0 Å². The Morgan fingerprint density at radius 2 is 1.80 bits per heavy atom. The van der Waals surface area contributed by atoms with Crippen LogP contribution in [0, 0.1) is 17.8 Å². The molecule has 0 spiro atoms. The summed E-state index contributed by atoms with van der Waals surface area (Å²) in [5.41, 5.74) is 12.0. The number of hydrogen-bond acceptors (Lipinski definition) is 12. The first-order valence-corrected chi connectivity index (χ1v) is 20.1. The van der Waals surface area contributed by atoms with Gasteiger partial charge in [-0.25, -0.2) is 23.5 Å². The van der Waals surface area contributed by atoms with E-state index in [4.69, 9.17) is 11.5 Å². The van der Waals surface area contributed by atoms with Crippen LogP contribution in [0.4, 0.5) is 14.6 Å². The molecule has 18 heteroatoms. The third-order valence-electron chi connectivity index (χ3n) is 11.6. The fourth-order valence-electron chi connectivity index (χ4n) is 8.11. The van der Waals surface area contributed by atoms with E-state index in [-0.39, 0.29) is 47.6 Å². The predicted octanol–water partition coefficient (Wildman–Crippen LogP) is 1.47. The van der Waals surface area contributed by atoms with Crippen LogP contribution in [0.5, 0.6) is 0 Å². The number of carbonyl (C=O) groups is 3. The second-order valence-corrected chi connectivity index (χ2v) is 15.5. The number of fused-ring (bicyclic) bond motifs is 1. The number of piperazine rings is 1. The van der Waals surface area contributed by atoms with Crippen LogP contribution in [0.15, 0.2) is 57.8 Å². The molecule has 2 aromatic heterocycles. The molecule has 1 atom stereocenters. The first-order chi connectivity index (χ1) is 28.5. The van der Waals surface area contributed by atoms with Crippen LogP contribution in [0.25, 0.3) is 16.6 Å². The molecule has 6 N–H and O–H groups in total. The average Bonchev–Trinajstić information content (AvgIpc) is 3.46. The zero-order chi connectivity index (χ0) is 41.6. The number of nitrogens with zero attached hydrogens (tertiary/aromatic N) is 8. The molecule has 1 unspecified atom stereocenters. The number of aromatic nitrogens is 4. The number of carbonyl (C=O) groups excluding carboxylic acids is 3. The lowest BCUT2D eigenvalue weighted by Gasteiger charge is -2.37. The lowest BCUT2D eigenvalue weighted by molar-refractivity contribution is -0.135. The standard InChI is InChI=1S/C41H50F2N12O4/c1-51-36-27(5-2-7-31(36)55(41(51)59)32-12-13-34(56)50-40(32)58)6-3-16-52-19-21-53(22-20-52)25-26-8-10-28(11-9-26)47-24-30(35(45)37(42)43)48-39(57)29(23-44)38-46-15-14-33(49-38)54-17-4-18-54/h2,5,7,14-15,23-24,26,28,32,37H,4,8-13,16-22,25,44-45H2,1H3,(H,48,57)(H,50,56,58)/b29-23+,35-30+,47-24?. The number of alkyl halides is 2. The van der Waals surface area contributed by atoms with Gasteiger partial charge in [-0.1, -0.05) is 17.9 Å². The molecule has 1 saturated carbocycles. The highest BCUT2D eigenvalue weighted by Crippen LogP contribution is 2.28. The summed E-state index contributed by atoms with van der Waals surface area (Å²) in [7, 11) is 1.67. The summed E-state index contributed by atoms with van der Waals surface area (Å²) >= 11 is 0. The molecule has 4 aliphatic rings. The molecule has 1 aromatic carbocycles. The summed E-state index contributed by atoms with van der Waals surface area (Å²) in [5, 5.41) is 4.81. The topological polar surface area (TPSA) is 202 Å². The molecule has 3 saturated heterocycles. The molecule has 16 nitrogen and oxygen atoms in total. The number of allylic oxidation sites excluding steroid dienone is 2. The van der Waals surface area contributed by atoms with Gasteiger partial charge in [0.1, 0.15) is 17.6 Å². The molecule has 3 aliphatic heterocycles. The van der Waals surface area contributed by atoms with Gasteiger partial charge >= 0.3 is 5.69 Å². The van der Waals surface area contributed by atoms with Crippen LogP contribution in [0.1, 0.15) is 62.4 Å². The Hall–Kier alpha value is -5.93. The molecule has 4 fully saturated rings. The minimum absolute atomic E-state index is 0.0713. The van der Waals surface area contributed by atoms with Gasteiger partial charge < -0.3 is 26.6 Å². The summed E-state index contributed by atoms with van der Waals surface area (Å²) in [5.74, 6) is 6.19. The smallest absolute Gasteiger partial charge is 0.329 e. The highest BCUT2D eigenvalue weighted by Gasteiger charge is 2.32. The van der Waals surface area contributed by atoms with E-state index in [0.29, 0.717) is 34.9 Å². The maximum atomic E-state index is 13.8. The van der Waals surface area contributed by atoms with Crippen LogP contribution in [0.3, 0.4) is 0 Å². The summed E-state index contributed by atoms with van der Waals surface area (Å²) in [4.78, 5) is 70.7. The van der Waals surface area contributed by atoms with Crippen LogP contribution < -0.4 is 32.7 Å². The molecule has 1 aliphatic carbocycles. The van der Waals surface area contributed by atoms with Crippen molar-refractivity contribution in [3.8, 4) is 11.8 Å². The van der Waals surface area contributed by atoms with Crippen LogP contribution in [0.2, 0.25) is 0 Å². The first kappa shape index (κ1) is 41.2. The number of imidazole rings is 1. The third kappa shape index (κ3) is 9.36. The van der Waals surface area contributed by atoms with Crippen molar-refractivity contribution >= 4 is 46.4 Å². The Bertz CT molecular complexity index is 2290. The molecule has 0 bridgehead atoms. The number of rotatable bonds is 11. The van der Waals surface area contributed by atoms with Crippen molar-refractivity contribution in [1.82, 2.24) is 39.5 Å². The van der Waals surface area contributed by atoms with Crippen molar-refractivity contribution in [1.29, 1.82) is 0 Å². The highest BCUT2D eigenvalue weighted by molar-refractivity contribution is 6.19. The van der Waals surface area contributed by atoms with E-state index in [0.717, 1.165) is 84.1 Å². The Balaban J connectivity index is 0.882. The summed E-state index contributed by atoms with van der Waals surface area (Å²) < 4.78 is 30.5. The summed E-state index contributed by atoms with van der Waals surface area (Å²) in [6.07, 6.45) is 5.74. The lowest BCUT2D eigenvalue weighted by Crippen LogP contribution is -2.48. The van der Waals surface area contributed by atoms with Crippen molar-refractivity contribution in [2.75, 3.05) is 57.3 Å². The molecular formula is C41H50F2N12O4. The Morgan fingerprint density at radius 3 is 2.47 bits per heavy atom. The number of hydrogen-bond donors (Lipinski definition) is 4. The number of anilines is 1. The van der Waals surface area contributed by atoms with E-state index in [1.807, 2.05) is 17.0 Å². The van der Waals surface area contributed by atoms with E-state index in [2.05, 4.69) is 47.2 Å². The van der Waals surface area contributed by atoms with Gasteiger partial charge in [-0.15, -0.1) is 0 Å². The molecular weight excluding hydrogens is 763 g/mol. The van der Waals surface area contributed by atoms with Crippen LogP contribution in [-0.2, 0) is 21.4 Å². The average molecular weight is 813 g/mol. The van der Waals surface area contributed by atoms with Crippen molar-refractivity contribution in [2.45, 2.75) is 63.5 Å². The van der Waals surface area contributed by atoms with Gasteiger partial charge in [-0.3, -0.25) is 38.7 Å². The maximum Gasteiger partial charge on any atom is 0.329 e. The quantitative estimate of drug-likeness (QED) is 0.0946. The van der Waals surface area contributed by atoms with Gasteiger partial charge in [0.05, 0.1) is 40.5 Å². The largest absolute Gasteiger partial charge is 0.404 e. The molecule has 3 amide bonds. The normalized spacial score (nSPS) is 22.5. The fourth-order valence-corrected chi connectivity index (χ4v) is 8.11. The first-order valence-electron chi connectivity index (χ1n) is 20.1. The number of benzene rings is 1. The Kier molecular flexibility index (Phi) is 12.8. The second kappa shape index (κ2) is 18.3. The molecule has 7 rings (SSSR count). The lowest BCUT2D eigenvalue weighted by atomic mass is 9.86. The number of amides is 3. The number of aliphatic imine (C=N–C) groups is 1. The van der Waals surface area contributed by atoms with Gasteiger partial charge in [0.15, 0.2) is 5.82 Å². The number of aryl methyl sites for hydroxylation is 1. The van der Waals surface area contributed by atoms with Gasteiger partial charge in [0.25, 0.3) is 12.3 Å². The van der Waals surface area contributed by atoms with E-state index in [9.17, 15) is 28.0 Å². The Labute approximate surface area is 340 Å². The number of para-hydroxylation sites is 1. The van der Waals surface area contributed by atoms with E-state index in [1.165, 1.54) is 21.5 Å². The van der Waals surface area contributed by atoms with Gasteiger partial charge in [0.2, 0.25) is 11.8 Å².